The standard InChI is InChI=1S/C11H15Br2NO/c1-3-8(7-15-2)14-11-9(12)5-4-6-10(11)13/h4-6,8,14H,3,7H2,1-2H3. The van der Waals surface area contributed by atoms with Gasteiger partial charge < -0.3 is 10.1 Å². The van der Waals surface area contributed by atoms with Gasteiger partial charge in [0.1, 0.15) is 0 Å². The molecule has 1 rings (SSSR count). The number of anilines is 1. The van der Waals surface area contributed by atoms with Crippen molar-refractivity contribution in [3.8, 4) is 0 Å². The van der Waals surface area contributed by atoms with Crippen LogP contribution in [0, 0.1) is 0 Å². The zero-order valence-corrected chi connectivity index (χ0v) is 12.1. The summed E-state index contributed by atoms with van der Waals surface area (Å²) in [6, 6.07) is 6.38. The molecule has 0 bridgehead atoms. The molecular formula is C11H15Br2NO. The van der Waals surface area contributed by atoms with Crippen molar-refractivity contribution in [3.63, 3.8) is 0 Å². The maximum atomic E-state index is 5.15. The third-order valence-electron chi connectivity index (χ3n) is 2.17. The molecule has 0 aliphatic heterocycles. The largest absolute Gasteiger partial charge is 0.383 e. The smallest absolute Gasteiger partial charge is 0.0663 e. The maximum Gasteiger partial charge on any atom is 0.0663 e. The second kappa shape index (κ2) is 6.51. The van der Waals surface area contributed by atoms with Crippen molar-refractivity contribution in [3.05, 3.63) is 27.1 Å². The summed E-state index contributed by atoms with van der Waals surface area (Å²) in [6.45, 7) is 2.85. The van der Waals surface area contributed by atoms with Crippen LogP contribution in [0.4, 0.5) is 5.69 Å². The Morgan fingerprint density at radius 2 is 1.93 bits per heavy atom. The molecule has 0 aromatic heterocycles. The molecule has 1 N–H and O–H groups in total. The SMILES string of the molecule is CCC(COC)Nc1c(Br)cccc1Br. The summed E-state index contributed by atoms with van der Waals surface area (Å²) >= 11 is 7.05. The van der Waals surface area contributed by atoms with Crippen LogP contribution < -0.4 is 5.32 Å². The Bertz CT molecular complexity index is 297. The summed E-state index contributed by atoms with van der Waals surface area (Å²) in [5.74, 6) is 0. The first-order chi connectivity index (χ1) is 7.19. The van der Waals surface area contributed by atoms with Gasteiger partial charge in [-0.3, -0.25) is 0 Å². The van der Waals surface area contributed by atoms with Crippen LogP contribution in [-0.4, -0.2) is 19.8 Å². The Kier molecular flexibility index (Phi) is 5.64. The van der Waals surface area contributed by atoms with Gasteiger partial charge in [-0.25, -0.2) is 0 Å². The fourth-order valence-corrected chi connectivity index (χ4v) is 2.53. The molecule has 15 heavy (non-hydrogen) atoms. The van der Waals surface area contributed by atoms with Gasteiger partial charge in [0.15, 0.2) is 0 Å². The number of nitrogens with one attached hydrogen (secondary N) is 1. The molecule has 0 saturated heterocycles. The number of hydrogen-bond donors (Lipinski definition) is 1. The van der Waals surface area contributed by atoms with Gasteiger partial charge >= 0.3 is 0 Å². The Hall–Kier alpha value is -0.0600. The topological polar surface area (TPSA) is 21.3 Å². The van der Waals surface area contributed by atoms with Crippen molar-refractivity contribution in [2.75, 3.05) is 19.0 Å². The van der Waals surface area contributed by atoms with Gasteiger partial charge in [0, 0.05) is 22.1 Å². The van der Waals surface area contributed by atoms with E-state index in [1.165, 1.54) is 0 Å². The fraction of sp³-hybridized carbons (Fsp3) is 0.455. The van der Waals surface area contributed by atoms with Crippen LogP contribution in [0.25, 0.3) is 0 Å². The van der Waals surface area contributed by atoms with E-state index in [2.05, 4.69) is 44.1 Å². The van der Waals surface area contributed by atoms with Crippen molar-refractivity contribution >= 4 is 37.5 Å². The summed E-state index contributed by atoms with van der Waals surface area (Å²) in [4.78, 5) is 0. The summed E-state index contributed by atoms with van der Waals surface area (Å²) in [6.07, 6.45) is 1.03. The molecule has 84 valence electrons. The quantitative estimate of drug-likeness (QED) is 0.875. The van der Waals surface area contributed by atoms with E-state index in [-0.39, 0.29) is 0 Å². The highest BCUT2D eigenvalue weighted by molar-refractivity contribution is 9.11. The molecule has 0 aliphatic rings. The van der Waals surface area contributed by atoms with Crippen molar-refractivity contribution in [1.29, 1.82) is 0 Å². The fourth-order valence-electron chi connectivity index (χ4n) is 1.30. The lowest BCUT2D eigenvalue weighted by molar-refractivity contribution is 0.184. The summed E-state index contributed by atoms with van der Waals surface area (Å²) in [5, 5.41) is 3.45. The monoisotopic (exact) mass is 335 g/mol. The molecule has 0 heterocycles. The first-order valence-corrected chi connectivity index (χ1v) is 6.47. The van der Waals surface area contributed by atoms with Gasteiger partial charge in [-0.2, -0.15) is 0 Å². The zero-order chi connectivity index (χ0) is 11.3. The van der Waals surface area contributed by atoms with Crippen molar-refractivity contribution in [2.24, 2.45) is 0 Å². The van der Waals surface area contributed by atoms with Crippen LogP contribution >= 0.6 is 31.9 Å². The predicted molar refractivity (Wildman–Crippen MR) is 71.4 cm³/mol. The van der Waals surface area contributed by atoms with Crippen LogP contribution in [0.2, 0.25) is 0 Å². The number of hydrogen-bond acceptors (Lipinski definition) is 2. The third kappa shape index (κ3) is 3.78. The van der Waals surface area contributed by atoms with E-state index in [0.717, 1.165) is 21.1 Å². The molecule has 1 aromatic carbocycles. The Morgan fingerprint density at radius 1 is 1.33 bits per heavy atom. The van der Waals surface area contributed by atoms with E-state index in [0.29, 0.717) is 12.6 Å². The molecule has 2 nitrogen and oxygen atoms in total. The minimum atomic E-state index is 0.338. The minimum Gasteiger partial charge on any atom is -0.383 e. The molecule has 0 spiro atoms. The molecule has 0 aliphatic carbocycles. The van der Waals surface area contributed by atoms with Gasteiger partial charge in [0.25, 0.3) is 0 Å². The number of halogens is 2. The van der Waals surface area contributed by atoms with E-state index < -0.39 is 0 Å². The summed E-state index contributed by atoms with van der Waals surface area (Å²) in [7, 11) is 1.72. The second-order valence-corrected chi connectivity index (χ2v) is 5.01. The third-order valence-corrected chi connectivity index (χ3v) is 3.49. The lowest BCUT2D eigenvalue weighted by atomic mass is 10.2. The van der Waals surface area contributed by atoms with E-state index >= 15 is 0 Å². The van der Waals surface area contributed by atoms with Crippen LogP contribution in [-0.2, 0) is 4.74 Å². The lowest BCUT2D eigenvalue weighted by Gasteiger charge is -2.19. The van der Waals surface area contributed by atoms with Crippen molar-refractivity contribution < 1.29 is 4.74 Å². The molecule has 1 atom stereocenters. The average Bonchev–Trinajstić information content (AvgIpc) is 2.22. The first kappa shape index (κ1) is 13.0. The Balaban J connectivity index is 2.78. The molecule has 0 amide bonds. The minimum absolute atomic E-state index is 0.338. The van der Waals surface area contributed by atoms with Crippen LogP contribution in [0.1, 0.15) is 13.3 Å². The van der Waals surface area contributed by atoms with Gasteiger partial charge in [-0.15, -0.1) is 0 Å². The van der Waals surface area contributed by atoms with Gasteiger partial charge in [0.2, 0.25) is 0 Å². The maximum absolute atomic E-state index is 5.15. The van der Waals surface area contributed by atoms with Crippen molar-refractivity contribution in [2.45, 2.75) is 19.4 Å². The van der Waals surface area contributed by atoms with E-state index in [4.69, 9.17) is 4.74 Å². The molecule has 1 aromatic rings. The highest BCUT2D eigenvalue weighted by Crippen LogP contribution is 2.31. The van der Waals surface area contributed by atoms with E-state index in [1.54, 1.807) is 7.11 Å². The highest BCUT2D eigenvalue weighted by atomic mass is 79.9. The molecule has 1 unspecified atom stereocenters. The molecule has 0 saturated carbocycles. The van der Waals surface area contributed by atoms with Crippen LogP contribution in [0.5, 0.6) is 0 Å². The second-order valence-electron chi connectivity index (χ2n) is 3.30. The number of rotatable bonds is 5. The van der Waals surface area contributed by atoms with Gasteiger partial charge in [0.05, 0.1) is 12.3 Å². The van der Waals surface area contributed by atoms with Crippen molar-refractivity contribution in [1.82, 2.24) is 0 Å². The summed E-state index contributed by atoms with van der Waals surface area (Å²) < 4.78 is 7.28. The van der Waals surface area contributed by atoms with Crippen LogP contribution in [0.3, 0.4) is 0 Å². The number of para-hydroxylation sites is 1. The Morgan fingerprint density at radius 3 is 2.40 bits per heavy atom. The molecule has 0 radical (unpaired) electrons. The normalized spacial score (nSPS) is 12.5. The zero-order valence-electron chi connectivity index (χ0n) is 8.89. The number of methoxy groups -OCH3 is 1. The Labute approximate surface area is 108 Å². The summed E-state index contributed by atoms with van der Waals surface area (Å²) in [5.41, 5.74) is 1.08. The van der Waals surface area contributed by atoms with Gasteiger partial charge in [-0.05, 0) is 50.4 Å². The van der Waals surface area contributed by atoms with Gasteiger partial charge in [-0.1, -0.05) is 13.0 Å². The first-order valence-electron chi connectivity index (χ1n) is 4.88. The average molecular weight is 337 g/mol. The molecule has 4 heteroatoms. The van der Waals surface area contributed by atoms with E-state index in [1.807, 2.05) is 18.2 Å². The van der Waals surface area contributed by atoms with Crippen LogP contribution in [0.15, 0.2) is 27.1 Å². The van der Waals surface area contributed by atoms with E-state index in [9.17, 15) is 0 Å². The number of benzene rings is 1. The molecule has 0 fully saturated rings. The predicted octanol–water partition coefficient (Wildman–Crippen LogP) is 4.05. The molecular weight excluding hydrogens is 322 g/mol. The lowest BCUT2D eigenvalue weighted by Crippen LogP contribution is -2.24. The number of ether oxygens (including phenoxy) is 1. The highest BCUT2D eigenvalue weighted by Gasteiger charge is 2.10.